The highest BCUT2D eigenvalue weighted by Crippen LogP contribution is 2.11. The summed E-state index contributed by atoms with van der Waals surface area (Å²) in [7, 11) is 4.06. The Labute approximate surface area is 97.6 Å². The third-order valence-electron chi connectivity index (χ3n) is 1.97. The molecule has 0 aliphatic carbocycles. The fourth-order valence-electron chi connectivity index (χ4n) is 1.07. The van der Waals surface area contributed by atoms with E-state index in [0.29, 0.717) is 6.54 Å². The second kappa shape index (κ2) is 7.51. The van der Waals surface area contributed by atoms with Gasteiger partial charge < -0.3 is 15.4 Å². The molecule has 4 heteroatoms. The number of nitrogens with two attached hydrogens (primary N) is 1. The van der Waals surface area contributed by atoms with Crippen molar-refractivity contribution >= 4 is 12.4 Å². The Morgan fingerprint density at radius 2 is 1.80 bits per heavy atom. The van der Waals surface area contributed by atoms with E-state index in [1.54, 1.807) is 0 Å². The van der Waals surface area contributed by atoms with Crippen LogP contribution in [0.3, 0.4) is 0 Å². The minimum Gasteiger partial charge on any atom is -0.492 e. The second-order valence-electron chi connectivity index (χ2n) is 3.50. The summed E-state index contributed by atoms with van der Waals surface area (Å²) in [6.07, 6.45) is 0. The van der Waals surface area contributed by atoms with Gasteiger partial charge in [0.25, 0.3) is 0 Å². The number of benzene rings is 1. The minimum atomic E-state index is 0. The van der Waals surface area contributed by atoms with E-state index in [-0.39, 0.29) is 12.4 Å². The molecule has 3 nitrogen and oxygen atoms in total. The molecule has 0 aliphatic heterocycles. The molecule has 0 atom stereocenters. The Bertz CT molecular complexity index is 262. The summed E-state index contributed by atoms with van der Waals surface area (Å²) in [5, 5.41) is 0. The van der Waals surface area contributed by atoms with Crippen LogP contribution in [0, 0.1) is 0 Å². The number of ether oxygens (including phenoxy) is 1. The van der Waals surface area contributed by atoms with E-state index in [4.69, 9.17) is 10.5 Å². The van der Waals surface area contributed by atoms with E-state index in [2.05, 4.69) is 4.90 Å². The van der Waals surface area contributed by atoms with Gasteiger partial charge in [0.1, 0.15) is 12.4 Å². The van der Waals surface area contributed by atoms with Crippen LogP contribution in [-0.4, -0.2) is 32.1 Å². The highest BCUT2D eigenvalue weighted by atomic mass is 35.5. The molecule has 0 heterocycles. The molecule has 1 aromatic carbocycles. The Balaban J connectivity index is 0.00000196. The maximum atomic E-state index is 5.53. The fraction of sp³-hybridized carbons (Fsp3) is 0.455. The van der Waals surface area contributed by atoms with Gasteiger partial charge in [-0.1, -0.05) is 12.1 Å². The zero-order valence-electron chi connectivity index (χ0n) is 9.27. The van der Waals surface area contributed by atoms with Crippen molar-refractivity contribution in [3.05, 3.63) is 29.8 Å². The number of nitrogens with zero attached hydrogens (tertiary/aromatic N) is 1. The number of hydrogen-bond acceptors (Lipinski definition) is 3. The molecule has 2 N–H and O–H groups in total. The number of hydrogen-bond donors (Lipinski definition) is 1. The summed E-state index contributed by atoms with van der Waals surface area (Å²) in [4.78, 5) is 2.09. The molecule has 86 valence electrons. The fourth-order valence-corrected chi connectivity index (χ4v) is 1.07. The van der Waals surface area contributed by atoms with Gasteiger partial charge in [0.2, 0.25) is 0 Å². The topological polar surface area (TPSA) is 38.5 Å². The van der Waals surface area contributed by atoms with Crippen LogP contribution in [0.2, 0.25) is 0 Å². The Hall–Kier alpha value is -0.770. The van der Waals surface area contributed by atoms with Crippen molar-refractivity contribution in [2.24, 2.45) is 5.73 Å². The zero-order valence-corrected chi connectivity index (χ0v) is 10.1. The smallest absolute Gasteiger partial charge is 0.119 e. The lowest BCUT2D eigenvalue weighted by atomic mass is 10.2. The molecule has 0 amide bonds. The summed E-state index contributed by atoms with van der Waals surface area (Å²) in [6, 6.07) is 7.89. The van der Waals surface area contributed by atoms with Gasteiger partial charge in [0.15, 0.2) is 0 Å². The predicted octanol–water partition coefficient (Wildman–Crippen LogP) is 1.51. The van der Waals surface area contributed by atoms with Gasteiger partial charge >= 0.3 is 0 Å². The summed E-state index contributed by atoms with van der Waals surface area (Å²) in [6.45, 7) is 2.23. The van der Waals surface area contributed by atoms with E-state index in [1.165, 1.54) is 0 Å². The third kappa shape index (κ3) is 5.62. The van der Waals surface area contributed by atoms with Crippen LogP contribution < -0.4 is 10.5 Å². The van der Waals surface area contributed by atoms with Crippen molar-refractivity contribution in [3.8, 4) is 5.75 Å². The van der Waals surface area contributed by atoms with Crippen LogP contribution >= 0.6 is 12.4 Å². The Morgan fingerprint density at radius 1 is 1.20 bits per heavy atom. The molecule has 0 fully saturated rings. The first-order chi connectivity index (χ1) is 6.72. The van der Waals surface area contributed by atoms with Gasteiger partial charge in [-0.15, -0.1) is 12.4 Å². The van der Waals surface area contributed by atoms with E-state index in [0.717, 1.165) is 24.5 Å². The molecule has 0 bridgehead atoms. The van der Waals surface area contributed by atoms with Gasteiger partial charge in [-0.25, -0.2) is 0 Å². The molecular weight excluding hydrogens is 212 g/mol. The number of halogens is 1. The van der Waals surface area contributed by atoms with Crippen molar-refractivity contribution in [2.45, 2.75) is 6.54 Å². The molecule has 1 rings (SSSR count). The summed E-state index contributed by atoms with van der Waals surface area (Å²) < 4.78 is 5.53. The average molecular weight is 231 g/mol. The molecule has 0 radical (unpaired) electrons. The maximum Gasteiger partial charge on any atom is 0.119 e. The maximum absolute atomic E-state index is 5.53. The molecule has 0 saturated carbocycles. The molecule has 0 unspecified atom stereocenters. The molecule has 0 aliphatic rings. The van der Waals surface area contributed by atoms with Crippen LogP contribution in [0.25, 0.3) is 0 Å². The average Bonchev–Trinajstić information content (AvgIpc) is 2.18. The number of rotatable bonds is 5. The summed E-state index contributed by atoms with van der Waals surface area (Å²) in [5.41, 5.74) is 6.62. The normalized spacial score (nSPS) is 9.87. The Kier molecular flexibility index (Phi) is 7.13. The van der Waals surface area contributed by atoms with Crippen LogP contribution in [0.1, 0.15) is 5.56 Å². The van der Waals surface area contributed by atoms with E-state index < -0.39 is 0 Å². The SMILES string of the molecule is CN(C)CCOc1ccc(CN)cc1.Cl. The van der Waals surface area contributed by atoms with Gasteiger partial charge in [-0.2, -0.15) is 0 Å². The van der Waals surface area contributed by atoms with E-state index >= 15 is 0 Å². The first kappa shape index (κ1) is 14.2. The molecular formula is C11H19ClN2O. The lowest BCUT2D eigenvalue weighted by Crippen LogP contribution is -2.19. The second-order valence-corrected chi connectivity index (χ2v) is 3.50. The summed E-state index contributed by atoms with van der Waals surface area (Å²) in [5.74, 6) is 0.907. The van der Waals surface area contributed by atoms with Crippen molar-refractivity contribution < 1.29 is 4.74 Å². The van der Waals surface area contributed by atoms with E-state index in [9.17, 15) is 0 Å². The zero-order chi connectivity index (χ0) is 10.4. The molecule has 0 spiro atoms. The van der Waals surface area contributed by atoms with Crippen molar-refractivity contribution in [1.29, 1.82) is 0 Å². The van der Waals surface area contributed by atoms with Crippen LogP contribution in [0.4, 0.5) is 0 Å². The third-order valence-corrected chi connectivity index (χ3v) is 1.97. The first-order valence-electron chi connectivity index (χ1n) is 4.79. The summed E-state index contributed by atoms with van der Waals surface area (Å²) >= 11 is 0. The number of likely N-dealkylation sites (N-methyl/N-ethyl adjacent to an activating group) is 1. The largest absolute Gasteiger partial charge is 0.492 e. The van der Waals surface area contributed by atoms with E-state index in [1.807, 2.05) is 38.4 Å². The monoisotopic (exact) mass is 230 g/mol. The molecule has 0 aromatic heterocycles. The van der Waals surface area contributed by atoms with Crippen LogP contribution in [0.5, 0.6) is 5.75 Å². The molecule has 0 saturated heterocycles. The van der Waals surface area contributed by atoms with Gasteiger partial charge in [-0.05, 0) is 31.8 Å². The molecule has 15 heavy (non-hydrogen) atoms. The van der Waals surface area contributed by atoms with Crippen LogP contribution in [-0.2, 0) is 6.54 Å². The van der Waals surface area contributed by atoms with Crippen LogP contribution in [0.15, 0.2) is 24.3 Å². The highest BCUT2D eigenvalue weighted by Gasteiger charge is 1.94. The molecule has 1 aromatic rings. The lowest BCUT2D eigenvalue weighted by molar-refractivity contribution is 0.261. The van der Waals surface area contributed by atoms with Gasteiger partial charge in [0, 0.05) is 13.1 Å². The van der Waals surface area contributed by atoms with Crippen molar-refractivity contribution in [3.63, 3.8) is 0 Å². The standard InChI is InChI=1S/C11H18N2O.ClH/c1-13(2)7-8-14-11-5-3-10(9-12)4-6-11;/h3-6H,7-9,12H2,1-2H3;1H. The first-order valence-corrected chi connectivity index (χ1v) is 4.79. The minimum absolute atomic E-state index is 0. The quantitative estimate of drug-likeness (QED) is 0.834. The van der Waals surface area contributed by atoms with Gasteiger partial charge in [-0.3, -0.25) is 0 Å². The van der Waals surface area contributed by atoms with Crippen molar-refractivity contribution in [2.75, 3.05) is 27.2 Å². The Morgan fingerprint density at radius 3 is 2.27 bits per heavy atom. The highest BCUT2D eigenvalue weighted by molar-refractivity contribution is 5.85. The van der Waals surface area contributed by atoms with Gasteiger partial charge in [0.05, 0.1) is 0 Å². The lowest BCUT2D eigenvalue weighted by Gasteiger charge is -2.11. The predicted molar refractivity (Wildman–Crippen MR) is 65.6 cm³/mol. The van der Waals surface area contributed by atoms with Crippen molar-refractivity contribution in [1.82, 2.24) is 4.90 Å².